The van der Waals surface area contributed by atoms with Gasteiger partial charge in [-0.1, -0.05) is 30.3 Å². The lowest BCUT2D eigenvalue weighted by Gasteiger charge is -2.17. The van der Waals surface area contributed by atoms with Crippen molar-refractivity contribution in [1.82, 2.24) is 19.7 Å². The van der Waals surface area contributed by atoms with Gasteiger partial charge in [0.05, 0.1) is 11.6 Å². The Morgan fingerprint density at radius 2 is 2.00 bits per heavy atom. The lowest BCUT2D eigenvalue weighted by molar-refractivity contribution is 0.766. The van der Waals surface area contributed by atoms with Gasteiger partial charge in [0, 0.05) is 37.3 Å². The highest BCUT2D eigenvalue weighted by atomic mass is 32.1. The highest BCUT2D eigenvalue weighted by Crippen LogP contribution is 2.35. The average molecular weight is 335 g/mol. The maximum absolute atomic E-state index is 4.51. The monoisotopic (exact) mass is 335 g/mol. The first kappa shape index (κ1) is 14.8. The summed E-state index contributed by atoms with van der Waals surface area (Å²) < 4.78 is 1.82. The zero-order chi connectivity index (χ0) is 16.5. The van der Waals surface area contributed by atoms with Crippen molar-refractivity contribution in [2.75, 3.05) is 11.9 Å². The van der Waals surface area contributed by atoms with Crippen LogP contribution < -0.4 is 4.90 Å². The number of aryl methyl sites for hydroxylation is 1. The summed E-state index contributed by atoms with van der Waals surface area (Å²) in [7, 11) is 3.98. The molecule has 1 aromatic carbocycles. The predicted molar refractivity (Wildman–Crippen MR) is 98.2 cm³/mol. The standard InChI is InChI=1S/C18H17N5S/c1-22(10-13-9-21-23(2)11-13)17-15-8-16(14-6-4-3-5-7-14)24-18(15)20-12-19-17/h3-9,11-12H,10H2,1-2H3. The fraction of sp³-hybridized carbons (Fsp3) is 0.167. The minimum Gasteiger partial charge on any atom is -0.355 e. The van der Waals surface area contributed by atoms with Crippen molar-refractivity contribution in [3.05, 3.63) is 60.7 Å². The first-order valence-electron chi connectivity index (χ1n) is 7.69. The van der Waals surface area contributed by atoms with Gasteiger partial charge >= 0.3 is 0 Å². The number of hydrogen-bond acceptors (Lipinski definition) is 5. The summed E-state index contributed by atoms with van der Waals surface area (Å²) in [4.78, 5) is 13.3. The maximum Gasteiger partial charge on any atom is 0.140 e. The second kappa shape index (κ2) is 6.05. The molecule has 0 spiro atoms. The van der Waals surface area contributed by atoms with Gasteiger partial charge in [0.15, 0.2) is 0 Å². The summed E-state index contributed by atoms with van der Waals surface area (Å²) in [6, 6.07) is 12.6. The topological polar surface area (TPSA) is 46.8 Å². The highest BCUT2D eigenvalue weighted by molar-refractivity contribution is 7.21. The normalized spacial score (nSPS) is 11.1. The number of fused-ring (bicyclic) bond motifs is 1. The van der Waals surface area contributed by atoms with Crippen molar-refractivity contribution in [1.29, 1.82) is 0 Å². The fourth-order valence-corrected chi connectivity index (χ4v) is 3.79. The minimum atomic E-state index is 0.760. The molecule has 0 fully saturated rings. The van der Waals surface area contributed by atoms with Gasteiger partial charge in [-0.25, -0.2) is 9.97 Å². The summed E-state index contributed by atoms with van der Waals surface area (Å²) in [6.45, 7) is 0.760. The van der Waals surface area contributed by atoms with E-state index in [9.17, 15) is 0 Å². The van der Waals surface area contributed by atoms with E-state index in [1.54, 1.807) is 17.7 Å². The third kappa shape index (κ3) is 2.76. The number of nitrogens with zero attached hydrogens (tertiary/aromatic N) is 5. The Hall–Kier alpha value is -2.73. The van der Waals surface area contributed by atoms with Crippen LogP contribution in [0.15, 0.2) is 55.1 Å². The van der Waals surface area contributed by atoms with Gasteiger partial charge in [0.1, 0.15) is 17.0 Å². The molecular formula is C18H17N5S. The molecule has 0 aliphatic carbocycles. The third-order valence-corrected chi connectivity index (χ3v) is 5.00. The molecule has 0 atom stereocenters. The molecule has 4 aromatic rings. The highest BCUT2D eigenvalue weighted by Gasteiger charge is 2.13. The van der Waals surface area contributed by atoms with E-state index in [1.165, 1.54) is 10.4 Å². The van der Waals surface area contributed by atoms with Gasteiger partial charge in [-0.05, 0) is 11.6 Å². The third-order valence-electron chi connectivity index (χ3n) is 3.91. The van der Waals surface area contributed by atoms with Crippen molar-refractivity contribution in [2.24, 2.45) is 7.05 Å². The second-order valence-corrected chi connectivity index (χ2v) is 6.80. The fourth-order valence-electron chi connectivity index (χ4n) is 2.79. The van der Waals surface area contributed by atoms with Gasteiger partial charge < -0.3 is 4.90 Å². The van der Waals surface area contributed by atoms with Crippen LogP contribution in [0.1, 0.15) is 5.56 Å². The van der Waals surface area contributed by atoms with Crippen molar-refractivity contribution >= 4 is 27.4 Å². The molecule has 120 valence electrons. The van der Waals surface area contributed by atoms with E-state index in [0.717, 1.165) is 28.1 Å². The van der Waals surface area contributed by atoms with E-state index in [4.69, 9.17) is 0 Å². The molecule has 0 unspecified atom stereocenters. The molecule has 3 heterocycles. The summed E-state index contributed by atoms with van der Waals surface area (Å²) in [5.74, 6) is 0.947. The molecule has 5 nitrogen and oxygen atoms in total. The lowest BCUT2D eigenvalue weighted by Crippen LogP contribution is -2.17. The van der Waals surface area contributed by atoms with E-state index < -0.39 is 0 Å². The quantitative estimate of drug-likeness (QED) is 0.570. The van der Waals surface area contributed by atoms with Crippen molar-refractivity contribution < 1.29 is 0 Å². The van der Waals surface area contributed by atoms with Crippen LogP contribution in [0.4, 0.5) is 5.82 Å². The van der Waals surface area contributed by atoms with Crippen LogP contribution in [0, 0.1) is 0 Å². The van der Waals surface area contributed by atoms with Crippen molar-refractivity contribution in [3.63, 3.8) is 0 Å². The van der Waals surface area contributed by atoms with Gasteiger partial charge in [-0.3, -0.25) is 4.68 Å². The Bertz CT molecular complexity index is 973. The van der Waals surface area contributed by atoms with Crippen LogP contribution >= 0.6 is 11.3 Å². The van der Waals surface area contributed by atoms with Crippen molar-refractivity contribution in [3.8, 4) is 10.4 Å². The second-order valence-electron chi connectivity index (χ2n) is 5.77. The Labute approximate surface area is 144 Å². The van der Waals surface area contributed by atoms with E-state index in [-0.39, 0.29) is 0 Å². The molecule has 0 N–H and O–H groups in total. The number of thiophene rings is 1. The SMILES string of the molecule is CN(Cc1cnn(C)c1)c1ncnc2sc(-c3ccccc3)cc12. The molecule has 0 radical (unpaired) electrons. The molecular weight excluding hydrogens is 318 g/mol. The lowest BCUT2D eigenvalue weighted by atomic mass is 10.2. The zero-order valence-electron chi connectivity index (χ0n) is 13.5. The van der Waals surface area contributed by atoms with Crippen LogP contribution in [0.2, 0.25) is 0 Å². The van der Waals surface area contributed by atoms with Crippen LogP contribution in [0.5, 0.6) is 0 Å². The van der Waals surface area contributed by atoms with Gasteiger partial charge in [-0.15, -0.1) is 11.3 Å². The summed E-state index contributed by atoms with van der Waals surface area (Å²) in [5.41, 5.74) is 2.37. The summed E-state index contributed by atoms with van der Waals surface area (Å²) in [6.07, 6.45) is 5.55. The van der Waals surface area contributed by atoms with E-state index in [2.05, 4.69) is 57.3 Å². The molecule has 3 aromatic heterocycles. The average Bonchev–Trinajstić information content (AvgIpc) is 3.21. The molecule has 6 heteroatoms. The molecule has 0 aliphatic rings. The Morgan fingerprint density at radius 3 is 2.75 bits per heavy atom. The maximum atomic E-state index is 4.51. The van der Waals surface area contributed by atoms with Crippen LogP contribution in [-0.2, 0) is 13.6 Å². The van der Waals surface area contributed by atoms with Crippen LogP contribution in [0.3, 0.4) is 0 Å². The summed E-state index contributed by atoms with van der Waals surface area (Å²) in [5, 5.41) is 5.32. The van der Waals surface area contributed by atoms with Crippen LogP contribution in [-0.4, -0.2) is 26.8 Å². The Kier molecular flexibility index (Phi) is 3.74. The number of hydrogen-bond donors (Lipinski definition) is 0. The summed E-state index contributed by atoms with van der Waals surface area (Å²) >= 11 is 1.70. The molecule has 0 bridgehead atoms. The zero-order valence-corrected chi connectivity index (χ0v) is 14.4. The minimum absolute atomic E-state index is 0.760. The largest absolute Gasteiger partial charge is 0.355 e. The molecule has 4 rings (SSSR count). The predicted octanol–water partition coefficient (Wildman–Crippen LogP) is 3.73. The number of anilines is 1. The van der Waals surface area contributed by atoms with Gasteiger partial charge in [-0.2, -0.15) is 5.10 Å². The molecule has 0 saturated carbocycles. The Balaban J connectivity index is 1.71. The van der Waals surface area contributed by atoms with E-state index in [0.29, 0.717) is 0 Å². The first-order valence-corrected chi connectivity index (χ1v) is 8.51. The molecule has 0 saturated heterocycles. The smallest absolute Gasteiger partial charge is 0.140 e. The van der Waals surface area contributed by atoms with Gasteiger partial charge in [0.2, 0.25) is 0 Å². The van der Waals surface area contributed by atoms with Crippen molar-refractivity contribution in [2.45, 2.75) is 6.54 Å². The Morgan fingerprint density at radius 1 is 1.17 bits per heavy atom. The van der Waals surface area contributed by atoms with Crippen LogP contribution in [0.25, 0.3) is 20.7 Å². The molecule has 0 amide bonds. The van der Waals surface area contributed by atoms with E-state index in [1.807, 2.05) is 30.2 Å². The molecule has 0 aliphatic heterocycles. The van der Waals surface area contributed by atoms with Gasteiger partial charge in [0.25, 0.3) is 0 Å². The number of benzene rings is 1. The van der Waals surface area contributed by atoms with E-state index >= 15 is 0 Å². The first-order chi connectivity index (χ1) is 11.7. The number of rotatable bonds is 4. The molecule has 24 heavy (non-hydrogen) atoms. The number of aromatic nitrogens is 4.